The summed E-state index contributed by atoms with van der Waals surface area (Å²) in [6, 6.07) is 0.731. The second-order valence-electron chi connectivity index (χ2n) is 7.20. The van der Waals surface area contributed by atoms with Crippen molar-refractivity contribution in [2.45, 2.75) is 58.9 Å². The van der Waals surface area contributed by atoms with E-state index in [0.29, 0.717) is 17.8 Å². The van der Waals surface area contributed by atoms with Crippen LogP contribution in [0.1, 0.15) is 52.9 Å². The predicted octanol–water partition coefficient (Wildman–Crippen LogP) is 3.00. The fraction of sp³-hybridized carbons (Fsp3) is 0.933. The summed E-state index contributed by atoms with van der Waals surface area (Å²) in [5.74, 6) is 0.749. The molecule has 0 radical (unpaired) electrons. The third-order valence-corrected chi connectivity index (χ3v) is 4.85. The van der Waals surface area contributed by atoms with Gasteiger partial charge in [-0.15, -0.1) is 0 Å². The first-order chi connectivity index (χ1) is 8.37. The van der Waals surface area contributed by atoms with Gasteiger partial charge < -0.3 is 5.11 Å². The molecule has 0 aromatic rings. The van der Waals surface area contributed by atoms with E-state index in [2.05, 4.69) is 25.7 Å². The van der Waals surface area contributed by atoms with Crippen molar-refractivity contribution in [2.75, 3.05) is 13.1 Å². The summed E-state index contributed by atoms with van der Waals surface area (Å²) >= 11 is 0. The van der Waals surface area contributed by atoms with Crippen molar-refractivity contribution < 1.29 is 9.90 Å². The van der Waals surface area contributed by atoms with E-state index in [9.17, 15) is 4.79 Å². The molecule has 0 aromatic heterocycles. The Morgan fingerprint density at radius 3 is 2.67 bits per heavy atom. The first-order valence-electron chi connectivity index (χ1n) is 7.33. The monoisotopic (exact) mass is 253 g/mol. The highest BCUT2D eigenvalue weighted by atomic mass is 16.4. The summed E-state index contributed by atoms with van der Waals surface area (Å²) in [5.41, 5.74) is 0.489. The van der Waals surface area contributed by atoms with Gasteiger partial charge in [0, 0.05) is 19.0 Å². The molecule has 1 saturated carbocycles. The summed E-state index contributed by atoms with van der Waals surface area (Å²) in [4.78, 5) is 13.2. The zero-order chi connectivity index (χ0) is 13.3. The number of rotatable bonds is 4. The van der Waals surface area contributed by atoms with Gasteiger partial charge in [-0.2, -0.15) is 0 Å². The van der Waals surface area contributed by atoms with Gasteiger partial charge in [-0.25, -0.2) is 0 Å². The lowest BCUT2D eigenvalue weighted by Crippen LogP contribution is -2.35. The third kappa shape index (κ3) is 3.25. The second-order valence-corrected chi connectivity index (χ2v) is 7.20. The Kier molecular flexibility index (Phi) is 4.00. The molecule has 1 aliphatic heterocycles. The average molecular weight is 253 g/mol. The highest BCUT2D eigenvalue weighted by molar-refractivity contribution is 5.66. The maximum absolute atomic E-state index is 10.6. The standard InChI is InChI=1S/C15H27NO2/c1-11-8-15(2,3)9-13(11)16-7-6-12(10-16)4-5-14(17)18/h11-13H,4-10H2,1-3H3,(H,17,18). The van der Waals surface area contributed by atoms with E-state index in [1.807, 2.05) is 0 Å². The molecule has 0 spiro atoms. The topological polar surface area (TPSA) is 40.5 Å². The molecule has 0 amide bonds. The lowest BCUT2D eigenvalue weighted by Gasteiger charge is -2.28. The Hall–Kier alpha value is -0.570. The average Bonchev–Trinajstić information content (AvgIpc) is 2.79. The number of carboxylic acids is 1. The lowest BCUT2D eigenvalue weighted by atomic mass is 9.91. The molecule has 2 rings (SSSR count). The van der Waals surface area contributed by atoms with Gasteiger partial charge in [0.25, 0.3) is 0 Å². The van der Waals surface area contributed by atoms with E-state index in [1.54, 1.807) is 0 Å². The molecule has 104 valence electrons. The van der Waals surface area contributed by atoms with Crippen LogP contribution in [-0.4, -0.2) is 35.1 Å². The second kappa shape index (κ2) is 5.20. The Morgan fingerprint density at radius 1 is 1.39 bits per heavy atom. The maximum Gasteiger partial charge on any atom is 0.303 e. The minimum Gasteiger partial charge on any atom is -0.481 e. The summed E-state index contributed by atoms with van der Waals surface area (Å²) in [6.07, 6.45) is 5.02. The van der Waals surface area contributed by atoms with Crippen molar-refractivity contribution in [3.8, 4) is 0 Å². The van der Waals surface area contributed by atoms with Gasteiger partial charge in [0.2, 0.25) is 0 Å². The van der Waals surface area contributed by atoms with Crippen molar-refractivity contribution in [3.63, 3.8) is 0 Å². The number of aliphatic carboxylic acids is 1. The van der Waals surface area contributed by atoms with Crippen LogP contribution in [0.15, 0.2) is 0 Å². The molecule has 3 atom stereocenters. The molecule has 1 heterocycles. The molecule has 3 nitrogen and oxygen atoms in total. The van der Waals surface area contributed by atoms with Crippen molar-refractivity contribution in [1.82, 2.24) is 4.90 Å². The van der Waals surface area contributed by atoms with Gasteiger partial charge >= 0.3 is 5.97 Å². The van der Waals surface area contributed by atoms with Crippen LogP contribution in [-0.2, 0) is 4.79 Å². The summed E-state index contributed by atoms with van der Waals surface area (Å²) in [5, 5.41) is 8.75. The highest BCUT2D eigenvalue weighted by Crippen LogP contribution is 2.44. The third-order valence-electron chi connectivity index (χ3n) is 4.85. The molecule has 0 aromatic carbocycles. The van der Waals surface area contributed by atoms with E-state index < -0.39 is 5.97 Å². The van der Waals surface area contributed by atoms with Gasteiger partial charge in [-0.1, -0.05) is 20.8 Å². The normalized spacial score (nSPS) is 36.1. The fourth-order valence-electron chi connectivity index (χ4n) is 4.07. The van der Waals surface area contributed by atoms with Crippen molar-refractivity contribution in [3.05, 3.63) is 0 Å². The smallest absolute Gasteiger partial charge is 0.303 e. The van der Waals surface area contributed by atoms with Crippen LogP contribution < -0.4 is 0 Å². The van der Waals surface area contributed by atoms with Gasteiger partial charge in [0.1, 0.15) is 0 Å². The lowest BCUT2D eigenvalue weighted by molar-refractivity contribution is -0.137. The van der Waals surface area contributed by atoms with Crippen molar-refractivity contribution in [2.24, 2.45) is 17.3 Å². The summed E-state index contributed by atoms with van der Waals surface area (Å²) in [6.45, 7) is 9.43. The van der Waals surface area contributed by atoms with E-state index in [-0.39, 0.29) is 0 Å². The molecule has 3 unspecified atom stereocenters. The van der Waals surface area contributed by atoms with Gasteiger partial charge in [0.05, 0.1) is 0 Å². The van der Waals surface area contributed by atoms with Crippen molar-refractivity contribution in [1.29, 1.82) is 0 Å². The Labute approximate surface area is 111 Å². The molecule has 3 heteroatoms. The number of likely N-dealkylation sites (tertiary alicyclic amines) is 1. The molecule has 0 bridgehead atoms. The first kappa shape index (κ1) is 13.9. The van der Waals surface area contributed by atoms with E-state index in [1.165, 1.54) is 25.8 Å². The maximum atomic E-state index is 10.6. The van der Waals surface area contributed by atoms with E-state index >= 15 is 0 Å². The number of nitrogens with zero attached hydrogens (tertiary/aromatic N) is 1. The summed E-state index contributed by atoms with van der Waals surface area (Å²) in [7, 11) is 0. The molecular weight excluding hydrogens is 226 g/mol. The van der Waals surface area contributed by atoms with E-state index in [4.69, 9.17) is 5.11 Å². The Morgan fingerprint density at radius 2 is 2.11 bits per heavy atom. The molecule has 18 heavy (non-hydrogen) atoms. The number of carboxylic acid groups (broad SMARTS) is 1. The van der Waals surface area contributed by atoms with Crippen LogP contribution >= 0.6 is 0 Å². The first-order valence-corrected chi connectivity index (χ1v) is 7.33. The van der Waals surface area contributed by atoms with Gasteiger partial charge in [0.15, 0.2) is 0 Å². The quantitative estimate of drug-likeness (QED) is 0.837. The van der Waals surface area contributed by atoms with Crippen LogP contribution in [0.25, 0.3) is 0 Å². The fourth-order valence-corrected chi connectivity index (χ4v) is 4.07. The minimum atomic E-state index is -0.649. The van der Waals surface area contributed by atoms with Crippen LogP contribution in [0.3, 0.4) is 0 Å². The molecular formula is C15H27NO2. The van der Waals surface area contributed by atoms with Crippen LogP contribution in [0.2, 0.25) is 0 Å². The number of hydrogen-bond acceptors (Lipinski definition) is 2. The number of carbonyl (C=O) groups is 1. The summed E-state index contributed by atoms with van der Waals surface area (Å²) < 4.78 is 0. The van der Waals surface area contributed by atoms with Gasteiger partial charge in [-0.05, 0) is 49.5 Å². The Bertz CT molecular complexity index is 314. The zero-order valence-corrected chi connectivity index (χ0v) is 12.0. The largest absolute Gasteiger partial charge is 0.481 e. The highest BCUT2D eigenvalue weighted by Gasteiger charge is 2.41. The van der Waals surface area contributed by atoms with E-state index in [0.717, 1.165) is 24.9 Å². The number of hydrogen-bond donors (Lipinski definition) is 1. The molecule has 1 aliphatic carbocycles. The van der Waals surface area contributed by atoms with Crippen LogP contribution in [0, 0.1) is 17.3 Å². The van der Waals surface area contributed by atoms with Crippen molar-refractivity contribution >= 4 is 5.97 Å². The molecule has 2 fully saturated rings. The molecule has 1 N–H and O–H groups in total. The zero-order valence-electron chi connectivity index (χ0n) is 12.0. The molecule has 1 saturated heterocycles. The molecule has 2 aliphatic rings. The van der Waals surface area contributed by atoms with Crippen LogP contribution in [0.5, 0.6) is 0 Å². The predicted molar refractivity (Wildman–Crippen MR) is 72.5 cm³/mol. The SMILES string of the molecule is CC1CC(C)(C)CC1N1CCC(CCC(=O)O)C1. The minimum absolute atomic E-state index is 0.338. The van der Waals surface area contributed by atoms with Gasteiger partial charge in [-0.3, -0.25) is 9.69 Å². The van der Waals surface area contributed by atoms with Crippen LogP contribution in [0.4, 0.5) is 0 Å². The Balaban J connectivity index is 1.84.